The van der Waals surface area contributed by atoms with E-state index < -0.39 is 0 Å². The average molecular weight is 273 g/mol. The Kier molecular flexibility index (Phi) is 3.76. The lowest BCUT2D eigenvalue weighted by atomic mass is 9.82. The number of aromatic nitrogens is 2. The van der Waals surface area contributed by atoms with Crippen LogP contribution in [0.15, 0.2) is 24.3 Å². The van der Waals surface area contributed by atoms with Gasteiger partial charge >= 0.3 is 0 Å². The number of fused-ring (bicyclic) bond motifs is 1. The van der Waals surface area contributed by atoms with Crippen LogP contribution >= 0.6 is 0 Å². The van der Waals surface area contributed by atoms with Crippen molar-refractivity contribution in [3.05, 3.63) is 30.1 Å². The van der Waals surface area contributed by atoms with E-state index >= 15 is 0 Å². The molecule has 1 saturated carbocycles. The van der Waals surface area contributed by atoms with Crippen LogP contribution in [0.5, 0.6) is 0 Å². The molecular formula is C16H23N3O. The number of para-hydroxylation sites is 2. The first-order valence-corrected chi connectivity index (χ1v) is 7.50. The lowest BCUT2D eigenvalue weighted by Gasteiger charge is -2.36. The van der Waals surface area contributed by atoms with E-state index in [4.69, 9.17) is 0 Å². The number of rotatable bonds is 4. The Hall–Kier alpha value is -1.39. The Labute approximate surface area is 119 Å². The molecule has 0 spiro atoms. The lowest BCUT2D eigenvalue weighted by molar-refractivity contribution is 0.118. The number of nitrogens with zero attached hydrogens (tertiary/aromatic N) is 2. The number of nitrogens with one attached hydrogen (secondary N) is 1. The summed E-state index contributed by atoms with van der Waals surface area (Å²) >= 11 is 0. The topological polar surface area (TPSA) is 50.1 Å². The van der Waals surface area contributed by atoms with Crippen LogP contribution in [0.2, 0.25) is 0 Å². The molecular weight excluding hydrogens is 250 g/mol. The summed E-state index contributed by atoms with van der Waals surface area (Å²) in [6.07, 6.45) is 5.82. The largest absolute Gasteiger partial charge is 0.394 e. The summed E-state index contributed by atoms with van der Waals surface area (Å²) < 4.78 is 2.14. The molecule has 2 aromatic rings. The van der Waals surface area contributed by atoms with Crippen molar-refractivity contribution >= 4 is 11.0 Å². The Morgan fingerprint density at radius 1 is 1.25 bits per heavy atom. The molecule has 0 radical (unpaired) electrons. The molecule has 0 aliphatic heterocycles. The molecule has 0 unspecified atom stereocenters. The third-order valence-corrected chi connectivity index (χ3v) is 4.61. The standard InChI is InChI=1S/C16H23N3O/c1-19-14-8-4-3-7-13(14)18-15(19)11-17-16(12-20)9-5-2-6-10-16/h3-4,7-8,17,20H,2,5-6,9-12H2,1H3. The van der Waals surface area contributed by atoms with Crippen molar-refractivity contribution < 1.29 is 5.11 Å². The van der Waals surface area contributed by atoms with Crippen molar-refractivity contribution in [2.45, 2.75) is 44.2 Å². The minimum absolute atomic E-state index is 0.101. The molecule has 1 heterocycles. The highest BCUT2D eigenvalue weighted by Crippen LogP contribution is 2.28. The van der Waals surface area contributed by atoms with Crippen molar-refractivity contribution in [3.63, 3.8) is 0 Å². The molecule has 0 saturated heterocycles. The number of aryl methyl sites for hydroxylation is 1. The van der Waals surface area contributed by atoms with Crippen molar-refractivity contribution in [1.82, 2.24) is 14.9 Å². The summed E-state index contributed by atoms with van der Waals surface area (Å²) in [7, 11) is 2.05. The minimum atomic E-state index is -0.101. The second-order valence-corrected chi connectivity index (χ2v) is 5.93. The first-order valence-electron chi connectivity index (χ1n) is 7.50. The van der Waals surface area contributed by atoms with Crippen LogP contribution in [-0.2, 0) is 13.6 Å². The highest BCUT2D eigenvalue weighted by atomic mass is 16.3. The molecule has 0 bridgehead atoms. The number of benzene rings is 1. The maximum atomic E-state index is 9.74. The number of hydrogen-bond acceptors (Lipinski definition) is 3. The smallest absolute Gasteiger partial charge is 0.123 e. The first-order chi connectivity index (χ1) is 9.74. The normalized spacial score (nSPS) is 18.5. The van der Waals surface area contributed by atoms with E-state index in [-0.39, 0.29) is 12.1 Å². The zero-order chi connectivity index (χ0) is 14.0. The number of aliphatic hydroxyl groups excluding tert-OH is 1. The predicted octanol–water partition coefficient (Wildman–Crippen LogP) is 2.36. The highest BCUT2D eigenvalue weighted by molar-refractivity contribution is 5.75. The van der Waals surface area contributed by atoms with E-state index in [9.17, 15) is 5.11 Å². The second kappa shape index (κ2) is 5.54. The molecule has 4 heteroatoms. The average Bonchev–Trinajstić information content (AvgIpc) is 2.83. The van der Waals surface area contributed by atoms with Crippen LogP contribution in [0.3, 0.4) is 0 Å². The fourth-order valence-corrected chi connectivity index (χ4v) is 3.24. The molecule has 108 valence electrons. The Bertz CT molecular complexity index is 584. The highest BCUT2D eigenvalue weighted by Gasteiger charge is 2.30. The minimum Gasteiger partial charge on any atom is -0.394 e. The van der Waals surface area contributed by atoms with Crippen LogP contribution in [0.1, 0.15) is 37.9 Å². The van der Waals surface area contributed by atoms with Gasteiger partial charge in [0.2, 0.25) is 0 Å². The van der Waals surface area contributed by atoms with Crippen molar-refractivity contribution in [2.75, 3.05) is 6.61 Å². The van der Waals surface area contributed by atoms with Gasteiger partial charge in [-0.3, -0.25) is 0 Å². The molecule has 1 aliphatic carbocycles. The van der Waals surface area contributed by atoms with E-state index in [2.05, 4.69) is 28.0 Å². The van der Waals surface area contributed by atoms with E-state index in [0.29, 0.717) is 6.54 Å². The van der Waals surface area contributed by atoms with Gasteiger partial charge in [-0.1, -0.05) is 31.4 Å². The zero-order valence-electron chi connectivity index (χ0n) is 12.1. The van der Waals surface area contributed by atoms with Gasteiger partial charge in [0.25, 0.3) is 0 Å². The van der Waals surface area contributed by atoms with Gasteiger partial charge in [0, 0.05) is 12.6 Å². The van der Waals surface area contributed by atoms with Gasteiger partial charge in [-0.05, 0) is 25.0 Å². The SMILES string of the molecule is Cn1c(CNC2(CO)CCCCC2)nc2ccccc21. The fraction of sp³-hybridized carbons (Fsp3) is 0.562. The third kappa shape index (κ3) is 2.45. The Balaban J connectivity index is 1.77. The molecule has 4 nitrogen and oxygen atoms in total. The van der Waals surface area contributed by atoms with Crippen LogP contribution in [0.4, 0.5) is 0 Å². The Morgan fingerprint density at radius 2 is 2.00 bits per heavy atom. The van der Waals surface area contributed by atoms with Crippen LogP contribution in [0, 0.1) is 0 Å². The molecule has 0 atom stereocenters. The van der Waals surface area contributed by atoms with Crippen LogP contribution in [0.25, 0.3) is 11.0 Å². The summed E-state index contributed by atoms with van der Waals surface area (Å²) in [6.45, 7) is 0.933. The summed E-state index contributed by atoms with van der Waals surface area (Å²) in [4.78, 5) is 4.68. The van der Waals surface area contributed by atoms with E-state index in [0.717, 1.165) is 29.7 Å². The van der Waals surface area contributed by atoms with Crippen LogP contribution in [-0.4, -0.2) is 26.8 Å². The fourth-order valence-electron chi connectivity index (χ4n) is 3.24. The number of imidazole rings is 1. The van der Waals surface area contributed by atoms with E-state index in [1.54, 1.807) is 0 Å². The molecule has 1 fully saturated rings. The second-order valence-electron chi connectivity index (χ2n) is 5.93. The van der Waals surface area contributed by atoms with Gasteiger partial charge in [-0.2, -0.15) is 0 Å². The van der Waals surface area contributed by atoms with Crippen LogP contribution < -0.4 is 5.32 Å². The Morgan fingerprint density at radius 3 is 2.70 bits per heavy atom. The maximum absolute atomic E-state index is 9.74. The van der Waals surface area contributed by atoms with Crippen molar-refractivity contribution in [3.8, 4) is 0 Å². The summed E-state index contributed by atoms with van der Waals surface area (Å²) in [6, 6.07) is 8.19. The molecule has 3 rings (SSSR count). The van der Waals surface area contributed by atoms with Gasteiger partial charge in [-0.15, -0.1) is 0 Å². The number of hydrogen-bond donors (Lipinski definition) is 2. The molecule has 0 amide bonds. The first kappa shape index (κ1) is 13.6. The van der Waals surface area contributed by atoms with Crippen molar-refractivity contribution in [1.29, 1.82) is 0 Å². The molecule has 20 heavy (non-hydrogen) atoms. The molecule has 1 aliphatic rings. The van der Waals surface area contributed by atoms with E-state index in [1.165, 1.54) is 19.3 Å². The molecule has 1 aromatic carbocycles. The quantitative estimate of drug-likeness (QED) is 0.899. The summed E-state index contributed by atoms with van der Waals surface area (Å²) in [5.41, 5.74) is 2.09. The van der Waals surface area contributed by atoms with E-state index in [1.807, 2.05) is 18.2 Å². The third-order valence-electron chi connectivity index (χ3n) is 4.61. The van der Waals surface area contributed by atoms with Gasteiger partial charge in [0.05, 0.1) is 24.2 Å². The summed E-state index contributed by atoms with van der Waals surface area (Å²) in [5, 5.41) is 13.3. The summed E-state index contributed by atoms with van der Waals surface area (Å²) in [5.74, 6) is 1.03. The number of aliphatic hydroxyl groups is 1. The molecule has 2 N–H and O–H groups in total. The van der Waals surface area contributed by atoms with Crippen molar-refractivity contribution in [2.24, 2.45) is 7.05 Å². The predicted molar refractivity (Wildman–Crippen MR) is 80.5 cm³/mol. The van der Waals surface area contributed by atoms with Gasteiger partial charge in [-0.25, -0.2) is 4.98 Å². The molecule has 1 aromatic heterocycles. The van der Waals surface area contributed by atoms with Gasteiger partial charge in [0.1, 0.15) is 5.82 Å². The zero-order valence-corrected chi connectivity index (χ0v) is 12.1. The monoisotopic (exact) mass is 273 g/mol. The maximum Gasteiger partial charge on any atom is 0.123 e. The van der Waals surface area contributed by atoms with Gasteiger partial charge in [0.15, 0.2) is 0 Å². The lowest BCUT2D eigenvalue weighted by Crippen LogP contribution is -2.49. The van der Waals surface area contributed by atoms with Gasteiger partial charge < -0.3 is 15.0 Å².